The third-order valence-corrected chi connectivity index (χ3v) is 4.98. The van der Waals surface area contributed by atoms with Crippen LogP contribution in [0.5, 0.6) is 0 Å². The lowest BCUT2D eigenvalue weighted by Gasteiger charge is -2.18. The van der Waals surface area contributed by atoms with Gasteiger partial charge in [0.1, 0.15) is 11.6 Å². The number of carbonyl (C=O) groups excluding carboxylic acids is 1. The first-order valence-corrected chi connectivity index (χ1v) is 10.6. The van der Waals surface area contributed by atoms with Gasteiger partial charge in [0.15, 0.2) is 0 Å². The largest absolute Gasteiger partial charge is 0.466 e. The lowest BCUT2D eigenvalue weighted by atomic mass is 10.0. The number of hydrogen-bond acceptors (Lipinski definition) is 4. The molecule has 2 aromatic rings. The zero-order valence-electron chi connectivity index (χ0n) is 18.5. The molecule has 0 spiro atoms. The van der Waals surface area contributed by atoms with Crippen LogP contribution in [0.25, 0.3) is 0 Å². The lowest BCUT2D eigenvalue weighted by Crippen LogP contribution is -2.19. The summed E-state index contributed by atoms with van der Waals surface area (Å²) in [6.07, 6.45) is 5.28. The number of aromatic nitrogens is 4. The van der Waals surface area contributed by atoms with E-state index in [1.165, 1.54) is 0 Å². The van der Waals surface area contributed by atoms with E-state index >= 15 is 0 Å². The van der Waals surface area contributed by atoms with Crippen LogP contribution in [-0.4, -0.2) is 31.7 Å². The van der Waals surface area contributed by atoms with Gasteiger partial charge in [-0.05, 0) is 32.1 Å². The molecular formula is C22H36N4O2. The Hall–Kier alpha value is -2.11. The smallest absolute Gasteiger partial charge is 0.306 e. The molecule has 6 nitrogen and oxygen atoms in total. The minimum atomic E-state index is -0.218. The van der Waals surface area contributed by atoms with E-state index in [1.807, 2.05) is 6.92 Å². The van der Waals surface area contributed by atoms with Gasteiger partial charge in [-0.15, -0.1) is 0 Å². The number of aryl methyl sites for hydroxylation is 2. The quantitative estimate of drug-likeness (QED) is 0.546. The second-order valence-electron chi connectivity index (χ2n) is 7.91. The average Bonchev–Trinajstić information content (AvgIpc) is 3.28. The monoisotopic (exact) mass is 388 g/mol. The summed E-state index contributed by atoms with van der Waals surface area (Å²) in [5.74, 6) is 2.04. The highest BCUT2D eigenvalue weighted by Crippen LogP contribution is 2.30. The summed E-state index contributed by atoms with van der Waals surface area (Å²) >= 11 is 0. The zero-order valence-corrected chi connectivity index (χ0v) is 18.5. The minimum absolute atomic E-state index is 0.194. The van der Waals surface area contributed by atoms with E-state index in [0.29, 0.717) is 18.4 Å². The maximum absolute atomic E-state index is 12.5. The molecule has 0 aliphatic heterocycles. The molecule has 0 N–H and O–H groups in total. The molecule has 6 heteroatoms. The molecule has 156 valence electrons. The summed E-state index contributed by atoms with van der Waals surface area (Å²) in [5, 5.41) is 0. The van der Waals surface area contributed by atoms with Crippen LogP contribution in [0.1, 0.15) is 102 Å². The van der Waals surface area contributed by atoms with Crippen molar-refractivity contribution in [3.05, 3.63) is 35.4 Å². The number of carbonyl (C=O) groups is 1. The predicted molar refractivity (Wildman–Crippen MR) is 112 cm³/mol. The van der Waals surface area contributed by atoms with Crippen molar-refractivity contribution in [2.75, 3.05) is 6.61 Å². The van der Waals surface area contributed by atoms with E-state index in [2.05, 4.69) is 63.1 Å². The molecule has 0 amide bonds. The molecule has 0 atom stereocenters. The Kier molecular flexibility index (Phi) is 7.84. The lowest BCUT2D eigenvalue weighted by molar-refractivity contribution is -0.144. The van der Waals surface area contributed by atoms with Gasteiger partial charge in [-0.25, -0.2) is 9.97 Å². The molecular weight excluding hydrogens is 352 g/mol. The zero-order chi connectivity index (χ0) is 20.8. The topological polar surface area (TPSA) is 61.9 Å². The van der Waals surface area contributed by atoms with Gasteiger partial charge in [-0.1, -0.05) is 34.6 Å². The van der Waals surface area contributed by atoms with Crippen LogP contribution in [0, 0.1) is 0 Å². The van der Waals surface area contributed by atoms with Crippen molar-refractivity contribution in [3.63, 3.8) is 0 Å². The van der Waals surface area contributed by atoms with Crippen molar-refractivity contribution in [1.82, 2.24) is 19.1 Å². The Morgan fingerprint density at radius 3 is 1.75 bits per heavy atom. The van der Waals surface area contributed by atoms with E-state index in [1.54, 1.807) is 0 Å². The SMILES string of the molecule is CCCOC(=O)CC(c1nc(C(C)C)cn1CC)c1nc(C(C)C)cn1CC. The summed E-state index contributed by atoms with van der Waals surface area (Å²) in [5.41, 5.74) is 2.09. The fourth-order valence-corrected chi connectivity index (χ4v) is 3.26. The molecule has 0 aliphatic carbocycles. The predicted octanol–water partition coefficient (Wildman–Crippen LogP) is 4.84. The van der Waals surface area contributed by atoms with E-state index in [9.17, 15) is 4.79 Å². The molecule has 0 unspecified atom stereocenters. The maximum Gasteiger partial charge on any atom is 0.306 e. The van der Waals surface area contributed by atoms with Gasteiger partial charge < -0.3 is 13.9 Å². The Morgan fingerprint density at radius 1 is 0.929 bits per heavy atom. The fraction of sp³-hybridized carbons (Fsp3) is 0.682. The van der Waals surface area contributed by atoms with Gasteiger partial charge in [-0.2, -0.15) is 0 Å². The highest BCUT2D eigenvalue weighted by molar-refractivity contribution is 5.71. The number of nitrogens with zero attached hydrogens (tertiary/aromatic N) is 4. The van der Waals surface area contributed by atoms with Crippen LogP contribution < -0.4 is 0 Å². The molecule has 0 aromatic carbocycles. The molecule has 0 aliphatic rings. The summed E-state index contributed by atoms with van der Waals surface area (Å²) < 4.78 is 9.71. The highest BCUT2D eigenvalue weighted by atomic mass is 16.5. The second-order valence-corrected chi connectivity index (χ2v) is 7.91. The van der Waals surface area contributed by atoms with Gasteiger partial charge in [-0.3, -0.25) is 4.79 Å². The molecule has 0 bridgehead atoms. The van der Waals surface area contributed by atoms with Gasteiger partial charge in [0.2, 0.25) is 0 Å². The molecule has 0 fully saturated rings. The molecule has 2 aromatic heterocycles. The van der Waals surface area contributed by atoms with Gasteiger partial charge >= 0.3 is 5.97 Å². The van der Waals surface area contributed by atoms with Crippen molar-refractivity contribution in [2.24, 2.45) is 0 Å². The van der Waals surface area contributed by atoms with Gasteiger partial charge in [0.05, 0.1) is 30.3 Å². The van der Waals surface area contributed by atoms with Crippen molar-refractivity contribution >= 4 is 5.97 Å². The fourth-order valence-electron chi connectivity index (χ4n) is 3.26. The Morgan fingerprint density at radius 2 is 1.39 bits per heavy atom. The molecule has 2 heterocycles. The normalized spacial score (nSPS) is 11.8. The number of ether oxygens (including phenoxy) is 1. The average molecular weight is 389 g/mol. The van der Waals surface area contributed by atoms with Crippen LogP contribution in [0.15, 0.2) is 12.4 Å². The van der Waals surface area contributed by atoms with Crippen LogP contribution in [0.3, 0.4) is 0 Å². The number of rotatable bonds is 10. The minimum Gasteiger partial charge on any atom is -0.466 e. The van der Waals surface area contributed by atoms with E-state index in [0.717, 1.165) is 42.5 Å². The van der Waals surface area contributed by atoms with Gasteiger partial charge in [0.25, 0.3) is 0 Å². The number of esters is 1. The molecule has 2 rings (SSSR count). The summed E-state index contributed by atoms with van der Waals surface area (Å²) in [7, 11) is 0. The van der Waals surface area contributed by atoms with Crippen LogP contribution in [0.2, 0.25) is 0 Å². The Labute approximate surface area is 169 Å². The summed E-state index contributed by atoms with van der Waals surface area (Å²) in [6.45, 7) is 16.8. The first kappa shape index (κ1) is 22.2. The molecule has 0 saturated heterocycles. The molecule has 0 radical (unpaired) electrons. The standard InChI is InChI=1S/C22H36N4O2/c1-8-11-28-20(27)12-17(21-23-18(15(4)5)13-25(21)9-2)22-24-19(16(6)7)14-26(22)10-3/h13-17H,8-12H2,1-7H3. The van der Waals surface area contributed by atoms with Crippen molar-refractivity contribution in [3.8, 4) is 0 Å². The maximum atomic E-state index is 12.5. The van der Waals surface area contributed by atoms with E-state index in [4.69, 9.17) is 14.7 Å². The van der Waals surface area contributed by atoms with Crippen LogP contribution in [-0.2, 0) is 22.6 Å². The van der Waals surface area contributed by atoms with Crippen molar-refractivity contribution in [2.45, 2.75) is 92.2 Å². The van der Waals surface area contributed by atoms with E-state index < -0.39 is 0 Å². The van der Waals surface area contributed by atoms with Crippen molar-refractivity contribution in [1.29, 1.82) is 0 Å². The van der Waals surface area contributed by atoms with Crippen LogP contribution in [0.4, 0.5) is 0 Å². The van der Waals surface area contributed by atoms with E-state index in [-0.39, 0.29) is 18.3 Å². The second kappa shape index (κ2) is 9.89. The molecule has 28 heavy (non-hydrogen) atoms. The first-order chi connectivity index (χ1) is 13.3. The summed E-state index contributed by atoms with van der Waals surface area (Å²) in [6, 6.07) is 0. The third-order valence-electron chi connectivity index (χ3n) is 4.98. The highest BCUT2D eigenvalue weighted by Gasteiger charge is 2.29. The Balaban J connectivity index is 2.53. The van der Waals surface area contributed by atoms with Crippen LogP contribution >= 0.6 is 0 Å². The summed E-state index contributed by atoms with van der Waals surface area (Å²) in [4.78, 5) is 22.4. The Bertz CT molecular complexity index is 719. The number of hydrogen-bond donors (Lipinski definition) is 0. The third kappa shape index (κ3) is 5.03. The number of imidazole rings is 2. The first-order valence-electron chi connectivity index (χ1n) is 10.6. The molecule has 0 saturated carbocycles. The van der Waals surface area contributed by atoms with Gasteiger partial charge in [0, 0.05) is 25.5 Å². The van der Waals surface area contributed by atoms with Crippen molar-refractivity contribution < 1.29 is 9.53 Å².